The van der Waals surface area contributed by atoms with Gasteiger partial charge in [0.1, 0.15) is 6.10 Å². The molecule has 2 heterocycles. The monoisotopic (exact) mass is 251 g/mol. The van der Waals surface area contributed by atoms with Crippen molar-refractivity contribution in [2.45, 2.75) is 32.5 Å². The first-order valence-corrected chi connectivity index (χ1v) is 6.29. The first-order valence-electron chi connectivity index (χ1n) is 6.29. The van der Waals surface area contributed by atoms with Crippen molar-refractivity contribution in [3.05, 3.63) is 23.5 Å². The Kier molecular flexibility index (Phi) is 3.73. The van der Waals surface area contributed by atoms with Crippen LogP contribution in [-0.4, -0.2) is 41.7 Å². The van der Waals surface area contributed by atoms with E-state index in [4.69, 9.17) is 10.5 Å². The van der Waals surface area contributed by atoms with Crippen LogP contribution in [0.4, 0.5) is 0 Å². The number of carbonyl (C=O) groups is 1. The number of hydrogen-bond acceptors (Lipinski definition) is 3. The van der Waals surface area contributed by atoms with Gasteiger partial charge in [-0.2, -0.15) is 0 Å². The highest BCUT2D eigenvalue weighted by Gasteiger charge is 2.31. The van der Waals surface area contributed by atoms with Crippen molar-refractivity contribution in [3.8, 4) is 0 Å². The molecule has 5 heteroatoms. The van der Waals surface area contributed by atoms with E-state index in [2.05, 4.69) is 23.6 Å². The number of nitrogens with two attached hydrogens (primary N) is 1. The second-order valence-electron chi connectivity index (χ2n) is 4.72. The summed E-state index contributed by atoms with van der Waals surface area (Å²) in [5.41, 5.74) is 7.98. The number of amides is 1. The number of carbonyl (C=O) groups excluding carboxylic acids is 1. The third-order valence-electron chi connectivity index (χ3n) is 3.75. The van der Waals surface area contributed by atoms with Gasteiger partial charge >= 0.3 is 0 Å². The van der Waals surface area contributed by atoms with E-state index >= 15 is 0 Å². The molecule has 1 amide bonds. The molecular formula is C13H21N3O2. The first kappa shape index (κ1) is 13.1. The molecule has 0 saturated carbocycles. The van der Waals surface area contributed by atoms with Crippen LogP contribution in [0.1, 0.15) is 24.4 Å². The molecule has 0 fully saturated rings. The molecule has 0 radical (unpaired) electrons. The molecule has 2 unspecified atom stereocenters. The number of hydrogen-bond donors (Lipinski definition) is 1. The fourth-order valence-electron chi connectivity index (χ4n) is 2.60. The van der Waals surface area contributed by atoms with Gasteiger partial charge in [0.2, 0.25) is 0 Å². The summed E-state index contributed by atoms with van der Waals surface area (Å²) >= 11 is 0. The molecule has 0 aromatic carbocycles. The summed E-state index contributed by atoms with van der Waals surface area (Å²) in [6.45, 7) is 5.91. The number of rotatable bonds is 3. The molecule has 5 nitrogen and oxygen atoms in total. The van der Waals surface area contributed by atoms with Gasteiger partial charge in [0.25, 0.3) is 5.91 Å². The zero-order chi connectivity index (χ0) is 13.3. The van der Waals surface area contributed by atoms with E-state index < -0.39 is 6.10 Å². The largest absolute Gasteiger partial charge is 0.370 e. The van der Waals surface area contributed by atoms with Gasteiger partial charge in [-0.1, -0.05) is 0 Å². The molecule has 2 N–H and O–H groups in total. The SMILES string of the molecule is COC(CN)C(=O)N1CCn2c(C)ccc2C1C. The minimum Gasteiger partial charge on any atom is -0.370 e. The number of methoxy groups -OCH3 is 1. The average Bonchev–Trinajstić information content (AvgIpc) is 2.74. The van der Waals surface area contributed by atoms with Crippen LogP contribution in [0.2, 0.25) is 0 Å². The van der Waals surface area contributed by atoms with Crippen LogP contribution < -0.4 is 5.73 Å². The highest BCUT2D eigenvalue weighted by Crippen LogP contribution is 2.27. The van der Waals surface area contributed by atoms with Crippen molar-refractivity contribution < 1.29 is 9.53 Å². The summed E-state index contributed by atoms with van der Waals surface area (Å²) in [5.74, 6) is -0.0161. The Hall–Kier alpha value is -1.33. The van der Waals surface area contributed by atoms with Gasteiger partial charge < -0.3 is 19.9 Å². The van der Waals surface area contributed by atoms with E-state index in [0.29, 0.717) is 6.54 Å². The summed E-state index contributed by atoms with van der Waals surface area (Å²) in [6, 6.07) is 4.25. The lowest BCUT2D eigenvalue weighted by molar-refractivity contribution is -0.144. The van der Waals surface area contributed by atoms with E-state index in [1.807, 2.05) is 11.8 Å². The molecule has 100 valence electrons. The first-order chi connectivity index (χ1) is 8.60. The number of aryl methyl sites for hydroxylation is 1. The second-order valence-corrected chi connectivity index (χ2v) is 4.72. The average molecular weight is 251 g/mol. The lowest BCUT2D eigenvalue weighted by atomic mass is 10.1. The normalized spacial score (nSPS) is 20.7. The number of fused-ring (bicyclic) bond motifs is 1. The van der Waals surface area contributed by atoms with E-state index in [1.165, 1.54) is 18.5 Å². The maximum absolute atomic E-state index is 12.3. The number of nitrogens with zero attached hydrogens (tertiary/aromatic N) is 2. The summed E-state index contributed by atoms with van der Waals surface area (Å²) in [6.07, 6.45) is -0.532. The molecule has 1 aliphatic heterocycles. The predicted octanol–water partition coefficient (Wildman–Crippen LogP) is 0.673. The molecule has 0 bridgehead atoms. The van der Waals surface area contributed by atoms with Crippen LogP contribution in [-0.2, 0) is 16.1 Å². The van der Waals surface area contributed by atoms with Crippen molar-refractivity contribution in [2.75, 3.05) is 20.2 Å². The Labute approximate surface area is 108 Å². The fraction of sp³-hybridized carbons (Fsp3) is 0.615. The van der Waals surface area contributed by atoms with Crippen LogP contribution in [0, 0.1) is 6.92 Å². The smallest absolute Gasteiger partial charge is 0.253 e. The van der Waals surface area contributed by atoms with E-state index in [1.54, 1.807) is 0 Å². The third kappa shape index (κ3) is 2.04. The molecular weight excluding hydrogens is 230 g/mol. The van der Waals surface area contributed by atoms with Crippen LogP contribution >= 0.6 is 0 Å². The van der Waals surface area contributed by atoms with Gasteiger partial charge in [-0.3, -0.25) is 4.79 Å². The molecule has 18 heavy (non-hydrogen) atoms. The minimum absolute atomic E-state index is 0.0161. The highest BCUT2D eigenvalue weighted by molar-refractivity contribution is 5.81. The van der Waals surface area contributed by atoms with Gasteiger partial charge in [0.15, 0.2) is 0 Å². The number of ether oxygens (including phenoxy) is 1. The second kappa shape index (κ2) is 5.12. The predicted molar refractivity (Wildman–Crippen MR) is 69.1 cm³/mol. The van der Waals surface area contributed by atoms with Crippen LogP contribution in [0.25, 0.3) is 0 Å². The molecule has 0 saturated heterocycles. The zero-order valence-corrected chi connectivity index (χ0v) is 11.2. The van der Waals surface area contributed by atoms with E-state index in [9.17, 15) is 4.79 Å². The maximum Gasteiger partial charge on any atom is 0.253 e. The quantitative estimate of drug-likeness (QED) is 0.859. The van der Waals surface area contributed by atoms with E-state index in [0.717, 1.165) is 6.54 Å². The summed E-state index contributed by atoms with van der Waals surface area (Å²) in [5, 5.41) is 0. The molecule has 0 aliphatic carbocycles. The third-order valence-corrected chi connectivity index (χ3v) is 3.75. The Morgan fingerprint density at radius 2 is 2.28 bits per heavy atom. The summed E-state index contributed by atoms with van der Waals surface area (Å²) < 4.78 is 7.40. The maximum atomic E-state index is 12.3. The van der Waals surface area contributed by atoms with Gasteiger partial charge in [-0.15, -0.1) is 0 Å². The Morgan fingerprint density at radius 3 is 2.89 bits per heavy atom. The number of aromatic nitrogens is 1. The van der Waals surface area contributed by atoms with Gasteiger partial charge in [-0.05, 0) is 26.0 Å². The van der Waals surface area contributed by atoms with Crippen molar-refractivity contribution in [1.29, 1.82) is 0 Å². The lowest BCUT2D eigenvalue weighted by Crippen LogP contribution is -2.48. The molecule has 1 aromatic heterocycles. The van der Waals surface area contributed by atoms with Gasteiger partial charge in [-0.25, -0.2) is 0 Å². The molecule has 2 atom stereocenters. The fourth-order valence-corrected chi connectivity index (χ4v) is 2.60. The minimum atomic E-state index is -0.532. The topological polar surface area (TPSA) is 60.5 Å². The Morgan fingerprint density at radius 1 is 1.56 bits per heavy atom. The van der Waals surface area contributed by atoms with Gasteiger partial charge in [0, 0.05) is 38.1 Å². The molecule has 1 aromatic rings. The van der Waals surface area contributed by atoms with Crippen molar-refractivity contribution in [1.82, 2.24) is 9.47 Å². The summed E-state index contributed by atoms with van der Waals surface area (Å²) in [4.78, 5) is 14.2. The highest BCUT2D eigenvalue weighted by atomic mass is 16.5. The van der Waals surface area contributed by atoms with Crippen molar-refractivity contribution in [2.24, 2.45) is 5.73 Å². The lowest BCUT2D eigenvalue weighted by Gasteiger charge is -2.37. The van der Waals surface area contributed by atoms with Crippen molar-refractivity contribution >= 4 is 5.91 Å². The Balaban J connectivity index is 2.21. The van der Waals surface area contributed by atoms with Crippen molar-refractivity contribution in [3.63, 3.8) is 0 Å². The van der Waals surface area contributed by atoms with Crippen LogP contribution in [0.3, 0.4) is 0 Å². The van der Waals surface area contributed by atoms with E-state index in [-0.39, 0.29) is 18.5 Å². The standard InChI is InChI=1S/C13H21N3O2/c1-9-4-5-11-10(2)16(7-6-15(9)11)13(17)12(8-14)18-3/h4-5,10,12H,6-8,14H2,1-3H3. The van der Waals surface area contributed by atoms with Crippen LogP contribution in [0.15, 0.2) is 12.1 Å². The Bertz CT molecular complexity index is 437. The molecule has 2 rings (SSSR count). The zero-order valence-electron chi connectivity index (χ0n) is 11.2. The van der Waals surface area contributed by atoms with Crippen LogP contribution in [0.5, 0.6) is 0 Å². The van der Waals surface area contributed by atoms with Gasteiger partial charge in [0.05, 0.1) is 6.04 Å². The molecule has 0 spiro atoms. The summed E-state index contributed by atoms with van der Waals surface area (Å²) in [7, 11) is 1.52. The molecule has 1 aliphatic rings.